The van der Waals surface area contributed by atoms with E-state index in [9.17, 15) is 4.79 Å². The Morgan fingerprint density at radius 3 is 2.33 bits per heavy atom. The zero-order valence-corrected chi connectivity index (χ0v) is 15.1. The quantitative estimate of drug-likeness (QED) is 0.862. The first kappa shape index (κ1) is 17.3. The van der Waals surface area contributed by atoms with Crippen LogP contribution in [-0.2, 0) is 14.1 Å². The second-order valence-electron chi connectivity index (χ2n) is 7.66. The molecular formula is C18H26BNO4. The average molecular weight is 331 g/mol. The third-order valence-corrected chi connectivity index (χ3v) is 5.48. The number of benzene rings is 1. The molecule has 1 N–H and O–H groups in total. The number of hydrogen-bond donors (Lipinski definition) is 1. The maximum atomic E-state index is 12.1. The molecule has 2 aliphatic rings. The molecule has 0 aromatic heterocycles. The summed E-state index contributed by atoms with van der Waals surface area (Å²) >= 11 is 0. The van der Waals surface area contributed by atoms with Gasteiger partial charge in [-0.1, -0.05) is 12.5 Å². The minimum absolute atomic E-state index is 0.0895. The highest BCUT2D eigenvalue weighted by atomic mass is 16.7. The van der Waals surface area contributed by atoms with Crippen LogP contribution in [-0.4, -0.2) is 31.3 Å². The second kappa shape index (κ2) is 6.08. The monoisotopic (exact) mass is 331 g/mol. The predicted molar refractivity (Wildman–Crippen MR) is 94.7 cm³/mol. The molecule has 0 bridgehead atoms. The highest BCUT2D eigenvalue weighted by Crippen LogP contribution is 2.37. The SMILES string of the molecule is COc1cc(NC(=O)C2CCC2)ccc1B1OC(C)(C)C(C)(C)O1. The molecule has 24 heavy (non-hydrogen) atoms. The first-order valence-electron chi connectivity index (χ1n) is 8.58. The molecule has 0 unspecified atom stereocenters. The van der Waals surface area contributed by atoms with E-state index in [2.05, 4.69) is 5.32 Å². The number of carbonyl (C=O) groups is 1. The average Bonchev–Trinajstić information content (AvgIpc) is 2.65. The molecule has 130 valence electrons. The largest absolute Gasteiger partial charge is 0.498 e. The minimum Gasteiger partial charge on any atom is -0.497 e. The van der Waals surface area contributed by atoms with Gasteiger partial charge in [0, 0.05) is 23.1 Å². The van der Waals surface area contributed by atoms with Crippen LogP contribution in [0.25, 0.3) is 0 Å². The molecule has 1 saturated carbocycles. The van der Waals surface area contributed by atoms with Crippen LogP contribution < -0.4 is 15.5 Å². The van der Waals surface area contributed by atoms with Crippen molar-refractivity contribution in [3.05, 3.63) is 18.2 Å². The molecule has 1 amide bonds. The molecular weight excluding hydrogens is 305 g/mol. The fourth-order valence-corrected chi connectivity index (χ4v) is 2.87. The molecule has 1 aliphatic carbocycles. The first-order chi connectivity index (χ1) is 11.2. The number of anilines is 1. The third-order valence-electron chi connectivity index (χ3n) is 5.48. The number of nitrogens with one attached hydrogen (secondary N) is 1. The summed E-state index contributed by atoms with van der Waals surface area (Å²) in [5, 5.41) is 2.97. The number of hydrogen-bond acceptors (Lipinski definition) is 4. The van der Waals surface area contributed by atoms with Gasteiger partial charge in [0.05, 0.1) is 18.3 Å². The van der Waals surface area contributed by atoms with Crippen LogP contribution in [0.1, 0.15) is 47.0 Å². The fourth-order valence-electron chi connectivity index (χ4n) is 2.87. The Balaban J connectivity index is 1.79. The van der Waals surface area contributed by atoms with Gasteiger partial charge in [0.25, 0.3) is 0 Å². The van der Waals surface area contributed by atoms with Crippen LogP contribution in [0.3, 0.4) is 0 Å². The maximum Gasteiger partial charge on any atom is 0.498 e. The van der Waals surface area contributed by atoms with Crippen LogP contribution in [0.5, 0.6) is 5.75 Å². The molecule has 1 aromatic rings. The van der Waals surface area contributed by atoms with E-state index in [1.165, 1.54) is 0 Å². The van der Waals surface area contributed by atoms with E-state index in [-0.39, 0.29) is 11.8 Å². The van der Waals surface area contributed by atoms with Crippen LogP contribution >= 0.6 is 0 Å². The van der Waals surface area contributed by atoms with E-state index in [1.54, 1.807) is 7.11 Å². The van der Waals surface area contributed by atoms with Crippen LogP contribution in [0.2, 0.25) is 0 Å². The van der Waals surface area contributed by atoms with Gasteiger partial charge in [-0.15, -0.1) is 0 Å². The molecule has 0 radical (unpaired) electrons. The van der Waals surface area contributed by atoms with Crippen LogP contribution in [0, 0.1) is 5.92 Å². The second-order valence-corrected chi connectivity index (χ2v) is 7.66. The Hall–Kier alpha value is -1.53. The highest BCUT2D eigenvalue weighted by Gasteiger charge is 2.52. The van der Waals surface area contributed by atoms with Gasteiger partial charge in [0.15, 0.2) is 0 Å². The van der Waals surface area contributed by atoms with Crippen molar-refractivity contribution in [1.29, 1.82) is 0 Å². The van der Waals surface area contributed by atoms with E-state index in [0.717, 1.165) is 30.4 Å². The van der Waals surface area contributed by atoms with Gasteiger partial charge in [-0.25, -0.2) is 0 Å². The van der Waals surface area contributed by atoms with E-state index in [0.29, 0.717) is 5.75 Å². The standard InChI is InChI=1S/C18H26BNO4/c1-17(2)18(3,4)24-19(23-17)14-10-9-13(11-15(14)22-5)20-16(21)12-7-6-8-12/h9-12H,6-8H2,1-5H3,(H,20,21). The van der Waals surface area contributed by atoms with Crippen LogP contribution in [0.4, 0.5) is 5.69 Å². The molecule has 1 aliphatic heterocycles. The number of amides is 1. The van der Waals surface area contributed by atoms with Crippen molar-refractivity contribution in [2.24, 2.45) is 5.92 Å². The smallest absolute Gasteiger partial charge is 0.497 e. The number of carbonyl (C=O) groups excluding carboxylic acids is 1. The molecule has 2 fully saturated rings. The summed E-state index contributed by atoms with van der Waals surface area (Å²) in [5.74, 6) is 0.894. The maximum absolute atomic E-state index is 12.1. The van der Waals surface area contributed by atoms with Gasteiger partial charge in [0.2, 0.25) is 5.91 Å². The van der Waals surface area contributed by atoms with Crippen molar-refractivity contribution in [2.75, 3.05) is 12.4 Å². The van der Waals surface area contributed by atoms with Crippen molar-refractivity contribution in [3.63, 3.8) is 0 Å². The lowest BCUT2D eigenvalue weighted by Crippen LogP contribution is -2.41. The van der Waals surface area contributed by atoms with Crippen molar-refractivity contribution >= 4 is 24.2 Å². The lowest BCUT2D eigenvalue weighted by Gasteiger charge is -2.32. The van der Waals surface area contributed by atoms with Gasteiger partial charge >= 0.3 is 7.12 Å². The summed E-state index contributed by atoms with van der Waals surface area (Å²) in [6.45, 7) is 8.08. The van der Waals surface area contributed by atoms with Crippen molar-refractivity contribution in [1.82, 2.24) is 0 Å². The first-order valence-corrected chi connectivity index (χ1v) is 8.58. The summed E-state index contributed by atoms with van der Waals surface area (Å²) in [7, 11) is 1.13. The molecule has 1 aromatic carbocycles. The van der Waals surface area contributed by atoms with Crippen molar-refractivity contribution in [3.8, 4) is 5.75 Å². The number of methoxy groups -OCH3 is 1. The molecule has 0 spiro atoms. The molecule has 1 heterocycles. The summed E-state index contributed by atoms with van der Waals surface area (Å²) in [6.07, 6.45) is 3.10. The molecule has 3 rings (SSSR count). The lowest BCUT2D eigenvalue weighted by atomic mass is 9.78. The summed E-state index contributed by atoms with van der Waals surface area (Å²) in [5.41, 5.74) is 0.765. The topological polar surface area (TPSA) is 56.8 Å². The summed E-state index contributed by atoms with van der Waals surface area (Å²) in [4.78, 5) is 12.1. The van der Waals surface area contributed by atoms with Gasteiger partial charge in [-0.3, -0.25) is 4.79 Å². The highest BCUT2D eigenvalue weighted by molar-refractivity contribution is 6.63. The minimum atomic E-state index is -0.485. The molecule has 6 heteroatoms. The number of rotatable bonds is 4. The lowest BCUT2D eigenvalue weighted by molar-refractivity contribution is -0.122. The van der Waals surface area contributed by atoms with E-state index in [4.69, 9.17) is 14.0 Å². The Morgan fingerprint density at radius 1 is 1.21 bits per heavy atom. The van der Waals surface area contributed by atoms with E-state index in [1.807, 2.05) is 45.9 Å². The van der Waals surface area contributed by atoms with E-state index < -0.39 is 18.3 Å². The van der Waals surface area contributed by atoms with Gasteiger partial charge in [-0.2, -0.15) is 0 Å². The number of ether oxygens (including phenoxy) is 1. The van der Waals surface area contributed by atoms with Crippen molar-refractivity contribution in [2.45, 2.75) is 58.2 Å². The van der Waals surface area contributed by atoms with Gasteiger partial charge < -0.3 is 19.4 Å². The normalized spacial score (nSPS) is 22.1. The summed E-state index contributed by atoms with van der Waals surface area (Å²) < 4.78 is 17.7. The van der Waals surface area contributed by atoms with Crippen molar-refractivity contribution < 1.29 is 18.8 Å². The van der Waals surface area contributed by atoms with E-state index >= 15 is 0 Å². The Kier molecular flexibility index (Phi) is 4.38. The Labute approximate surface area is 144 Å². The molecule has 5 nitrogen and oxygen atoms in total. The predicted octanol–water partition coefficient (Wildman–Crippen LogP) is 2.73. The van der Waals surface area contributed by atoms with Crippen LogP contribution in [0.15, 0.2) is 18.2 Å². The summed E-state index contributed by atoms with van der Waals surface area (Å²) in [6, 6.07) is 5.60. The van der Waals surface area contributed by atoms with Gasteiger partial charge in [0.1, 0.15) is 5.75 Å². The third kappa shape index (κ3) is 3.05. The molecule has 1 saturated heterocycles. The van der Waals surface area contributed by atoms with Gasteiger partial charge in [-0.05, 0) is 46.6 Å². The molecule has 0 atom stereocenters. The Bertz CT molecular complexity index is 624. The fraction of sp³-hybridized carbons (Fsp3) is 0.611. The zero-order chi connectivity index (χ0) is 17.5. The zero-order valence-electron chi connectivity index (χ0n) is 15.1. The Morgan fingerprint density at radius 2 is 1.83 bits per heavy atom.